The summed E-state index contributed by atoms with van der Waals surface area (Å²) in [6.45, 7) is 0. The van der Waals surface area contributed by atoms with Gasteiger partial charge in [-0.1, -0.05) is 78.9 Å². The highest BCUT2D eigenvalue weighted by Gasteiger charge is 2.20. The van der Waals surface area contributed by atoms with Crippen LogP contribution in [-0.2, 0) is 0 Å². The monoisotopic (exact) mass is 436 g/mol. The highest BCUT2D eigenvalue weighted by atomic mass is 16.5. The predicted octanol–water partition coefficient (Wildman–Crippen LogP) is 8.28. The summed E-state index contributed by atoms with van der Waals surface area (Å²) in [5.41, 5.74) is 3.47. The maximum atomic E-state index is 6.52. The summed E-state index contributed by atoms with van der Waals surface area (Å²) in [6.07, 6.45) is 3.79. The molecular formula is C31H20N2O. The molecule has 0 atom stereocenters. The standard InChI is InChI=1S/C31H20N2O/c1-2-10-21(11-3-1)34-31-25-15-5-4-14-24(25)30(27-20-32-19-18-26(27)31)33-28-16-8-6-12-22(28)23-13-7-9-17-29(23)33/h1-20H. The first-order valence-corrected chi connectivity index (χ1v) is 11.4. The van der Waals surface area contributed by atoms with Gasteiger partial charge in [-0.3, -0.25) is 4.98 Å². The van der Waals surface area contributed by atoms with Crippen molar-refractivity contribution in [2.45, 2.75) is 0 Å². The Balaban J connectivity index is 1.67. The van der Waals surface area contributed by atoms with Crippen LogP contribution in [0.1, 0.15) is 0 Å². The Labute approximate surface area is 196 Å². The van der Waals surface area contributed by atoms with Crippen LogP contribution in [0.5, 0.6) is 11.5 Å². The maximum Gasteiger partial charge on any atom is 0.143 e. The third-order valence-corrected chi connectivity index (χ3v) is 6.51. The van der Waals surface area contributed by atoms with Crippen molar-refractivity contribution in [1.82, 2.24) is 9.55 Å². The molecule has 0 aliphatic carbocycles. The first-order valence-electron chi connectivity index (χ1n) is 11.4. The van der Waals surface area contributed by atoms with E-state index in [-0.39, 0.29) is 0 Å². The number of nitrogens with zero attached hydrogens (tertiary/aromatic N) is 2. The van der Waals surface area contributed by atoms with Gasteiger partial charge in [-0.25, -0.2) is 0 Å². The molecule has 0 amide bonds. The summed E-state index contributed by atoms with van der Waals surface area (Å²) >= 11 is 0. The lowest BCUT2D eigenvalue weighted by molar-refractivity contribution is 0.494. The Bertz CT molecular complexity index is 1720. The number of rotatable bonds is 3. The van der Waals surface area contributed by atoms with Gasteiger partial charge in [-0.15, -0.1) is 0 Å². The van der Waals surface area contributed by atoms with Crippen LogP contribution >= 0.6 is 0 Å². The van der Waals surface area contributed by atoms with Gasteiger partial charge in [0.15, 0.2) is 0 Å². The number of ether oxygens (including phenoxy) is 1. The van der Waals surface area contributed by atoms with E-state index in [0.717, 1.165) is 38.7 Å². The minimum absolute atomic E-state index is 0.815. The Morgan fingerprint density at radius 2 is 1.06 bits per heavy atom. The van der Waals surface area contributed by atoms with Gasteiger partial charge in [0, 0.05) is 44.7 Å². The van der Waals surface area contributed by atoms with E-state index < -0.39 is 0 Å². The molecule has 0 saturated carbocycles. The number of pyridine rings is 1. The molecular weight excluding hydrogens is 416 g/mol. The Morgan fingerprint density at radius 1 is 0.500 bits per heavy atom. The fourth-order valence-electron chi connectivity index (χ4n) is 5.08. The van der Waals surface area contributed by atoms with Crippen molar-refractivity contribution >= 4 is 43.4 Å². The molecule has 7 rings (SSSR count). The third-order valence-electron chi connectivity index (χ3n) is 6.51. The van der Waals surface area contributed by atoms with Crippen LogP contribution < -0.4 is 4.74 Å². The summed E-state index contributed by atoms with van der Waals surface area (Å²) in [7, 11) is 0. The lowest BCUT2D eigenvalue weighted by Gasteiger charge is -2.19. The highest BCUT2D eigenvalue weighted by molar-refractivity contribution is 6.17. The quantitative estimate of drug-likeness (QED) is 0.261. The van der Waals surface area contributed by atoms with E-state index in [0.29, 0.717) is 0 Å². The molecule has 3 nitrogen and oxygen atoms in total. The molecule has 7 aromatic rings. The second kappa shape index (κ2) is 7.46. The van der Waals surface area contributed by atoms with E-state index in [9.17, 15) is 0 Å². The topological polar surface area (TPSA) is 27.1 Å². The van der Waals surface area contributed by atoms with Gasteiger partial charge in [0.1, 0.15) is 11.5 Å². The van der Waals surface area contributed by atoms with Crippen LogP contribution in [0.4, 0.5) is 0 Å². The number of aromatic nitrogens is 2. The predicted molar refractivity (Wildman–Crippen MR) is 140 cm³/mol. The van der Waals surface area contributed by atoms with Crippen molar-refractivity contribution < 1.29 is 4.74 Å². The number of para-hydroxylation sites is 3. The molecule has 0 radical (unpaired) electrons. The van der Waals surface area contributed by atoms with E-state index in [1.807, 2.05) is 42.7 Å². The van der Waals surface area contributed by atoms with Crippen molar-refractivity contribution in [1.29, 1.82) is 0 Å². The zero-order chi connectivity index (χ0) is 22.5. The molecule has 5 aromatic carbocycles. The normalized spacial score (nSPS) is 11.5. The average Bonchev–Trinajstić information content (AvgIpc) is 3.24. The molecule has 2 aromatic heterocycles. The zero-order valence-electron chi connectivity index (χ0n) is 18.3. The third kappa shape index (κ3) is 2.74. The van der Waals surface area contributed by atoms with Crippen molar-refractivity contribution in [2.75, 3.05) is 0 Å². The fraction of sp³-hybridized carbons (Fsp3) is 0. The van der Waals surface area contributed by atoms with E-state index >= 15 is 0 Å². The largest absolute Gasteiger partial charge is 0.456 e. The summed E-state index contributed by atoms with van der Waals surface area (Å²) in [6, 6.07) is 37.7. The van der Waals surface area contributed by atoms with Gasteiger partial charge in [0.2, 0.25) is 0 Å². The van der Waals surface area contributed by atoms with E-state index in [1.165, 1.54) is 21.8 Å². The lowest BCUT2D eigenvalue weighted by Crippen LogP contribution is -1.99. The molecule has 0 aliphatic rings. The van der Waals surface area contributed by atoms with Crippen molar-refractivity contribution in [3.63, 3.8) is 0 Å². The summed E-state index contributed by atoms with van der Waals surface area (Å²) in [5.74, 6) is 1.67. The second-order valence-electron chi connectivity index (χ2n) is 8.43. The van der Waals surface area contributed by atoms with Crippen LogP contribution in [0.25, 0.3) is 49.0 Å². The molecule has 0 unspecified atom stereocenters. The molecule has 0 fully saturated rings. The van der Waals surface area contributed by atoms with Crippen LogP contribution in [0, 0.1) is 0 Å². The molecule has 34 heavy (non-hydrogen) atoms. The number of hydrogen-bond donors (Lipinski definition) is 0. The van der Waals surface area contributed by atoms with E-state index in [4.69, 9.17) is 4.74 Å². The smallest absolute Gasteiger partial charge is 0.143 e. The SMILES string of the molecule is c1ccc(Oc2c3ccccc3c(-n3c4ccccc4c4ccccc43)c3cnccc23)cc1. The van der Waals surface area contributed by atoms with Crippen molar-refractivity contribution in [3.05, 3.63) is 122 Å². The van der Waals surface area contributed by atoms with Gasteiger partial charge in [0.05, 0.1) is 16.7 Å². The second-order valence-corrected chi connectivity index (χ2v) is 8.43. The van der Waals surface area contributed by atoms with Gasteiger partial charge in [0.25, 0.3) is 0 Å². The Morgan fingerprint density at radius 3 is 1.76 bits per heavy atom. The van der Waals surface area contributed by atoms with Crippen LogP contribution in [0.3, 0.4) is 0 Å². The van der Waals surface area contributed by atoms with Crippen molar-refractivity contribution in [2.24, 2.45) is 0 Å². The highest BCUT2D eigenvalue weighted by Crippen LogP contribution is 2.44. The minimum Gasteiger partial charge on any atom is -0.456 e. The van der Waals surface area contributed by atoms with Gasteiger partial charge >= 0.3 is 0 Å². The number of benzene rings is 5. The fourth-order valence-corrected chi connectivity index (χ4v) is 5.08. The number of hydrogen-bond acceptors (Lipinski definition) is 2. The van der Waals surface area contributed by atoms with Crippen molar-refractivity contribution in [3.8, 4) is 17.2 Å². The summed E-state index contributed by atoms with van der Waals surface area (Å²) < 4.78 is 8.89. The minimum atomic E-state index is 0.815. The van der Waals surface area contributed by atoms with Crippen LogP contribution in [0.15, 0.2) is 122 Å². The maximum absolute atomic E-state index is 6.52. The van der Waals surface area contributed by atoms with E-state index in [1.54, 1.807) is 0 Å². The molecule has 0 saturated heterocycles. The lowest BCUT2D eigenvalue weighted by atomic mass is 10.0. The van der Waals surface area contributed by atoms with Gasteiger partial charge < -0.3 is 9.30 Å². The first kappa shape index (κ1) is 18.9. The molecule has 0 aliphatic heterocycles. The average molecular weight is 437 g/mol. The number of fused-ring (bicyclic) bond motifs is 5. The van der Waals surface area contributed by atoms with E-state index in [2.05, 4.69) is 88.4 Å². The van der Waals surface area contributed by atoms with Gasteiger partial charge in [-0.2, -0.15) is 0 Å². The van der Waals surface area contributed by atoms with Gasteiger partial charge in [-0.05, 0) is 30.3 Å². The molecule has 0 N–H and O–H groups in total. The van der Waals surface area contributed by atoms with Crippen LogP contribution in [0.2, 0.25) is 0 Å². The Kier molecular flexibility index (Phi) is 4.15. The first-order chi connectivity index (χ1) is 16.9. The molecule has 3 heteroatoms. The molecule has 0 spiro atoms. The molecule has 2 heterocycles. The summed E-state index contributed by atoms with van der Waals surface area (Å²) in [4.78, 5) is 4.53. The van der Waals surface area contributed by atoms with Crippen LogP contribution in [-0.4, -0.2) is 9.55 Å². The summed E-state index contributed by atoms with van der Waals surface area (Å²) in [5, 5.41) is 6.77. The Hall–Kier alpha value is -4.63. The molecule has 160 valence electrons. The molecule has 0 bridgehead atoms. The zero-order valence-corrected chi connectivity index (χ0v) is 18.3.